The summed E-state index contributed by atoms with van der Waals surface area (Å²) in [4.78, 5) is 24.1. The number of halogens is 3. The van der Waals surface area contributed by atoms with Gasteiger partial charge in [-0.3, -0.25) is 19.4 Å². The Bertz CT molecular complexity index is 992. The molecule has 27 heavy (non-hydrogen) atoms. The summed E-state index contributed by atoms with van der Waals surface area (Å²) in [6.45, 7) is 0. The first-order valence-corrected chi connectivity index (χ1v) is 7.57. The van der Waals surface area contributed by atoms with E-state index in [0.717, 1.165) is 0 Å². The zero-order valence-corrected chi connectivity index (χ0v) is 13.8. The fourth-order valence-electron chi connectivity index (χ4n) is 2.18. The summed E-state index contributed by atoms with van der Waals surface area (Å²) in [5.41, 5.74) is -0.672. The van der Waals surface area contributed by atoms with E-state index < -0.39 is 29.4 Å². The van der Waals surface area contributed by atoms with E-state index in [4.69, 9.17) is 0 Å². The summed E-state index contributed by atoms with van der Waals surface area (Å²) in [6.07, 6.45) is -3.01. The number of carbonyl (C=O) groups excluding carboxylic acids is 2. The van der Waals surface area contributed by atoms with Crippen LogP contribution in [0.15, 0.2) is 42.6 Å². The largest absolute Gasteiger partial charge is 0.432 e. The number of aryl methyl sites for hydroxylation is 1. The molecule has 2 aromatic heterocycles. The van der Waals surface area contributed by atoms with Gasteiger partial charge < -0.3 is 10.6 Å². The predicted molar refractivity (Wildman–Crippen MR) is 89.1 cm³/mol. The molecule has 3 rings (SSSR count). The molecule has 0 unspecified atom stereocenters. The molecule has 0 aliphatic rings. The molecule has 0 atom stereocenters. The van der Waals surface area contributed by atoms with Gasteiger partial charge in [-0.05, 0) is 24.3 Å². The highest BCUT2D eigenvalue weighted by Gasteiger charge is 2.33. The molecule has 11 heteroatoms. The highest BCUT2D eigenvalue weighted by atomic mass is 19.4. The standard InChI is InChI=1S/C16H13F3N6O2/c1-25-6-5-11(24-25)14(26)20-9-3-2-4-10(7-9)21-15(27)12-8-13(23-22-12)16(17,18)19/h2-8H,1H3,(H,20,26)(H,21,27)(H,22,23). The van der Waals surface area contributed by atoms with Gasteiger partial charge in [0.05, 0.1) is 0 Å². The van der Waals surface area contributed by atoms with E-state index in [1.807, 2.05) is 0 Å². The van der Waals surface area contributed by atoms with Crippen LogP contribution in [0, 0.1) is 0 Å². The third-order valence-electron chi connectivity index (χ3n) is 3.44. The quantitative estimate of drug-likeness (QED) is 0.649. The van der Waals surface area contributed by atoms with Crippen molar-refractivity contribution >= 4 is 23.2 Å². The molecule has 8 nitrogen and oxygen atoms in total. The number of H-pyrrole nitrogens is 1. The molecule has 140 valence electrons. The normalized spacial score (nSPS) is 11.3. The number of alkyl halides is 3. The first kappa shape index (κ1) is 18.2. The van der Waals surface area contributed by atoms with E-state index in [2.05, 4.69) is 20.8 Å². The molecule has 0 aliphatic heterocycles. The Hall–Kier alpha value is -3.63. The smallest absolute Gasteiger partial charge is 0.321 e. The van der Waals surface area contributed by atoms with E-state index >= 15 is 0 Å². The molecule has 3 N–H and O–H groups in total. The molecule has 1 aromatic carbocycles. The van der Waals surface area contributed by atoms with Crippen LogP contribution in [0.1, 0.15) is 26.7 Å². The number of benzene rings is 1. The Morgan fingerprint density at radius 1 is 1.04 bits per heavy atom. The highest BCUT2D eigenvalue weighted by Crippen LogP contribution is 2.27. The van der Waals surface area contributed by atoms with Gasteiger partial charge in [0.15, 0.2) is 11.4 Å². The molecule has 2 heterocycles. The van der Waals surface area contributed by atoms with Crippen molar-refractivity contribution in [3.05, 3.63) is 59.7 Å². The van der Waals surface area contributed by atoms with Gasteiger partial charge in [-0.2, -0.15) is 23.4 Å². The van der Waals surface area contributed by atoms with Crippen molar-refractivity contribution in [2.24, 2.45) is 7.05 Å². The van der Waals surface area contributed by atoms with Gasteiger partial charge in [0.1, 0.15) is 5.69 Å². The van der Waals surface area contributed by atoms with Crippen molar-refractivity contribution in [3.8, 4) is 0 Å². The lowest BCUT2D eigenvalue weighted by Gasteiger charge is -2.07. The van der Waals surface area contributed by atoms with Crippen LogP contribution >= 0.6 is 0 Å². The van der Waals surface area contributed by atoms with Gasteiger partial charge in [0, 0.05) is 30.7 Å². The zero-order valence-electron chi connectivity index (χ0n) is 13.8. The fourth-order valence-corrected chi connectivity index (χ4v) is 2.18. The second-order valence-electron chi connectivity index (χ2n) is 5.53. The Morgan fingerprint density at radius 3 is 2.19 bits per heavy atom. The lowest BCUT2D eigenvalue weighted by Crippen LogP contribution is -2.15. The number of rotatable bonds is 4. The van der Waals surface area contributed by atoms with E-state index in [1.165, 1.54) is 22.9 Å². The topological polar surface area (TPSA) is 105 Å². The number of aromatic amines is 1. The van der Waals surface area contributed by atoms with Crippen molar-refractivity contribution in [1.82, 2.24) is 20.0 Å². The van der Waals surface area contributed by atoms with Crippen molar-refractivity contribution < 1.29 is 22.8 Å². The van der Waals surface area contributed by atoms with Crippen LogP contribution in [0.3, 0.4) is 0 Å². The minimum Gasteiger partial charge on any atom is -0.321 e. The molecule has 0 bridgehead atoms. The number of amides is 2. The van der Waals surface area contributed by atoms with Crippen LogP contribution in [-0.4, -0.2) is 31.8 Å². The van der Waals surface area contributed by atoms with Gasteiger partial charge in [0.2, 0.25) is 0 Å². The molecule has 3 aromatic rings. The van der Waals surface area contributed by atoms with Crippen molar-refractivity contribution in [2.75, 3.05) is 10.6 Å². The van der Waals surface area contributed by atoms with Crippen LogP contribution in [0.5, 0.6) is 0 Å². The van der Waals surface area contributed by atoms with Crippen LogP contribution in [-0.2, 0) is 13.2 Å². The van der Waals surface area contributed by atoms with Gasteiger partial charge in [-0.15, -0.1) is 0 Å². The van der Waals surface area contributed by atoms with Crippen LogP contribution in [0.4, 0.5) is 24.5 Å². The summed E-state index contributed by atoms with van der Waals surface area (Å²) in [5, 5.41) is 14.1. The van der Waals surface area contributed by atoms with Crippen molar-refractivity contribution in [1.29, 1.82) is 0 Å². The first-order valence-electron chi connectivity index (χ1n) is 7.57. The Kier molecular flexibility index (Phi) is 4.67. The monoisotopic (exact) mass is 378 g/mol. The van der Waals surface area contributed by atoms with Crippen molar-refractivity contribution in [3.63, 3.8) is 0 Å². The lowest BCUT2D eigenvalue weighted by atomic mass is 10.2. The van der Waals surface area contributed by atoms with Gasteiger partial charge in [0.25, 0.3) is 11.8 Å². The molecule has 0 saturated heterocycles. The zero-order chi connectivity index (χ0) is 19.6. The number of anilines is 2. The number of carbonyl (C=O) groups is 2. The average Bonchev–Trinajstić information content (AvgIpc) is 3.24. The molecule has 0 saturated carbocycles. The number of hydrogen-bond donors (Lipinski definition) is 3. The van der Waals surface area contributed by atoms with Crippen LogP contribution in [0.25, 0.3) is 0 Å². The molecular weight excluding hydrogens is 365 g/mol. The van der Waals surface area contributed by atoms with Gasteiger partial charge >= 0.3 is 6.18 Å². The van der Waals surface area contributed by atoms with Crippen LogP contribution < -0.4 is 10.6 Å². The highest BCUT2D eigenvalue weighted by molar-refractivity contribution is 6.05. The molecular formula is C16H13F3N6O2. The number of aromatic nitrogens is 4. The van der Waals surface area contributed by atoms with Gasteiger partial charge in [-0.1, -0.05) is 6.07 Å². The van der Waals surface area contributed by atoms with Crippen molar-refractivity contribution in [2.45, 2.75) is 6.18 Å². The second kappa shape index (κ2) is 6.94. The maximum atomic E-state index is 12.6. The minimum absolute atomic E-state index is 0.211. The van der Waals surface area contributed by atoms with E-state index in [1.54, 1.807) is 30.5 Å². The third kappa shape index (κ3) is 4.32. The maximum Gasteiger partial charge on any atom is 0.432 e. The number of nitrogens with zero attached hydrogens (tertiary/aromatic N) is 3. The van der Waals surface area contributed by atoms with Crippen LogP contribution in [0.2, 0.25) is 0 Å². The Labute approximate surface area is 150 Å². The van der Waals surface area contributed by atoms with E-state index in [0.29, 0.717) is 11.8 Å². The van der Waals surface area contributed by atoms with E-state index in [9.17, 15) is 22.8 Å². The van der Waals surface area contributed by atoms with Gasteiger partial charge in [-0.25, -0.2) is 0 Å². The SMILES string of the molecule is Cn1ccc(C(=O)Nc2cccc(NC(=O)c3cc(C(F)(F)F)[nH]n3)c2)n1. The second-order valence-corrected chi connectivity index (χ2v) is 5.53. The molecule has 0 radical (unpaired) electrons. The summed E-state index contributed by atoms with van der Waals surface area (Å²) in [6, 6.07) is 8.28. The number of hydrogen-bond acceptors (Lipinski definition) is 4. The lowest BCUT2D eigenvalue weighted by molar-refractivity contribution is -0.141. The fraction of sp³-hybridized carbons (Fsp3) is 0.125. The number of nitrogens with one attached hydrogen (secondary N) is 3. The minimum atomic E-state index is -4.62. The average molecular weight is 378 g/mol. The van der Waals surface area contributed by atoms with E-state index in [-0.39, 0.29) is 11.4 Å². The molecule has 0 fully saturated rings. The molecule has 2 amide bonds. The maximum absolute atomic E-state index is 12.6. The third-order valence-corrected chi connectivity index (χ3v) is 3.44. The predicted octanol–water partition coefficient (Wildman–Crippen LogP) is 2.67. The molecule has 0 spiro atoms. The Balaban J connectivity index is 1.69. The summed E-state index contributed by atoms with van der Waals surface area (Å²) in [5.74, 6) is -1.27. The Morgan fingerprint density at radius 2 is 1.67 bits per heavy atom. The summed E-state index contributed by atoms with van der Waals surface area (Å²) >= 11 is 0. The summed E-state index contributed by atoms with van der Waals surface area (Å²) < 4.78 is 39.1. The summed E-state index contributed by atoms with van der Waals surface area (Å²) in [7, 11) is 1.67. The molecule has 0 aliphatic carbocycles. The first-order chi connectivity index (χ1) is 12.7.